The fourth-order valence-corrected chi connectivity index (χ4v) is 2.15. The molecule has 118 valence electrons. The minimum Gasteiger partial charge on any atom is -0.347 e. The highest BCUT2D eigenvalue weighted by atomic mass is 35.5. The normalized spacial score (nSPS) is 13.7. The van der Waals surface area contributed by atoms with E-state index in [0.29, 0.717) is 16.7 Å². The van der Waals surface area contributed by atoms with Crippen LogP contribution in [0, 0.1) is 0 Å². The number of halogens is 1. The van der Waals surface area contributed by atoms with E-state index in [1.807, 2.05) is 19.1 Å². The molecule has 2 atom stereocenters. The summed E-state index contributed by atoms with van der Waals surface area (Å²) in [4.78, 5) is 17.8. The van der Waals surface area contributed by atoms with E-state index in [2.05, 4.69) is 15.5 Å². The Kier molecular flexibility index (Phi) is 5.15. The molecule has 1 aromatic heterocycles. The minimum atomic E-state index is -0.331. The van der Waals surface area contributed by atoms with Gasteiger partial charge in [-0.2, -0.15) is 4.98 Å². The fourth-order valence-electron chi connectivity index (χ4n) is 2.03. The molecule has 0 saturated carbocycles. The molecule has 0 aliphatic carbocycles. The van der Waals surface area contributed by atoms with Gasteiger partial charge < -0.3 is 9.42 Å². The van der Waals surface area contributed by atoms with E-state index in [-0.39, 0.29) is 18.0 Å². The molecule has 1 amide bonds. The van der Waals surface area contributed by atoms with Gasteiger partial charge in [-0.15, -0.1) is 0 Å². The molecule has 1 aromatic carbocycles. The van der Waals surface area contributed by atoms with Crippen molar-refractivity contribution in [3.8, 4) is 11.5 Å². The highest BCUT2D eigenvalue weighted by molar-refractivity contribution is 6.30. The average molecular weight is 323 g/mol. The largest absolute Gasteiger partial charge is 0.347 e. The molecular weight excluding hydrogens is 304 g/mol. The number of likely N-dealkylation sites (N-methyl/N-ethyl adjacent to an activating group) is 1. The van der Waals surface area contributed by atoms with Crippen LogP contribution in [-0.4, -0.2) is 41.1 Å². The van der Waals surface area contributed by atoms with E-state index in [1.165, 1.54) is 0 Å². The molecule has 2 unspecified atom stereocenters. The summed E-state index contributed by atoms with van der Waals surface area (Å²) in [6, 6.07) is 6.62. The summed E-state index contributed by atoms with van der Waals surface area (Å²) in [5.41, 5.74) is 0.799. The number of carbonyl (C=O) groups is 1. The van der Waals surface area contributed by atoms with E-state index in [0.717, 1.165) is 5.56 Å². The SMILES string of the molecule is CC(NC(C)c1noc(-c2ccc(Cl)cc2)n1)C(=O)N(C)C. The van der Waals surface area contributed by atoms with Crippen LogP contribution in [0.15, 0.2) is 28.8 Å². The van der Waals surface area contributed by atoms with E-state index < -0.39 is 0 Å². The number of nitrogens with one attached hydrogen (secondary N) is 1. The zero-order chi connectivity index (χ0) is 16.3. The molecule has 2 rings (SSSR count). The van der Waals surface area contributed by atoms with Gasteiger partial charge in [-0.05, 0) is 38.1 Å². The summed E-state index contributed by atoms with van der Waals surface area (Å²) in [7, 11) is 3.44. The van der Waals surface area contributed by atoms with Gasteiger partial charge in [-0.25, -0.2) is 0 Å². The lowest BCUT2D eigenvalue weighted by molar-refractivity contribution is -0.130. The van der Waals surface area contributed by atoms with Crippen LogP contribution in [0.1, 0.15) is 25.7 Å². The van der Waals surface area contributed by atoms with Crippen LogP contribution in [0.2, 0.25) is 5.02 Å². The summed E-state index contributed by atoms with van der Waals surface area (Å²) >= 11 is 5.85. The Hall–Kier alpha value is -1.92. The van der Waals surface area contributed by atoms with E-state index in [1.54, 1.807) is 38.1 Å². The Morgan fingerprint density at radius 1 is 1.27 bits per heavy atom. The first kappa shape index (κ1) is 16.5. The molecule has 6 nitrogen and oxygen atoms in total. The van der Waals surface area contributed by atoms with Crippen molar-refractivity contribution in [3.63, 3.8) is 0 Å². The third kappa shape index (κ3) is 3.84. The van der Waals surface area contributed by atoms with Crippen LogP contribution < -0.4 is 5.32 Å². The molecule has 0 aliphatic rings. The number of rotatable bonds is 5. The van der Waals surface area contributed by atoms with Crippen LogP contribution in [0.25, 0.3) is 11.5 Å². The van der Waals surface area contributed by atoms with Crippen LogP contribution in [-0.2, 0) is 4.79 Å². The Morgan fingerprint density at radius 3 is 2.50 bits per heavy atom. The molecule has 22 heavy (non-hydrogen) atoms. The highest BCUT2D eigenvalue weighted by Crippen LogP contribution is 2.21. The quantitative estimate of drug-likeness (QED) is 0.915. The van der Waals surface area contributed by atoms with Gasteiger partial charge in [0.05, 0.1) is 12.1 Å². The van der Waals surface area contributed by atoms with Crippen LogP contribution >= 0.6 is 11.6 Å². The van der Waals surface area contributed by atoms with E-state index in [9.17, 15) is 4.79 Å². The van der Waals surface area contributed by atoms with Crippen molar-refractivity contribution in [3.05, 3.63) is 35.1 Å². The molecule has 0 spiro atoms. The van der Waals surface area contributed by atoms with Crippen molar-refractivity contribution in [2.45, 2.75) is 25.9 Å². The zero-order valence-corrected chi connectivity index (χ0v) is 13.8. The molecule has 1 N–H and O–H groups in total. The summed E-state index contributed by atoms with van der Waals surface area (Å²) in [5, 5.41) is 7.77. The van der Waals surface area contributed by atoms with E-state index >= 15 is 0 Å². The van der Waals surface area contributed by atoms with Gasteiger partial charge in [0, 0.05) is 24.7 Å². The van der Waals surface area contributed by atoms with E-state index in [4.69, 9.17) is 16.1 Å². The number of hydrogen-bond acceptors (Lipinski definition) is 5. The van der Waals surface area contributed by atoms with Crippen LogP contribution in [0.4, 0.5) is 0 Å². The standard InChI is InChI=1S/C15H19ClN4O2/c1-9(17-10(2)15(21)20(3)4)13-18-14(22-19-13)11-5-7-12(16)8-6-11/h5-10,17H,1-4H3. The maximum Gasteiger partial charge on any atom is 0.257 e. The van der Waals surface area contributed by atoms with Gasteiger partial charge in [0.25, 0.3) is 5.89 Å². The van der Waals surface area contributed by atoms with Gasteiger partial charge in [0.15, 0.2) is 5.82 Å². The fraction of sp³-hybridized carbons (Fsp3) is 0.400. The number of benzene rings is 1. The van der Waals surface area contributed by atoms with Gasteiger partial charge in [0.2, 0.25) is 5.91 Å². The van der Waals surface area contributed by atoms with Crippen molar-refractivity contribution in [1.29, 1.82) is 0 Å². The summed E-state index contributed by atoms with van der Waals surface area (Å²) < 4.78 is 5.26. The smallest absolute Gasteiger partial charge is 0.257 e. The number of aromatic nitrogens is 2. The van der Waals surface area contributed by atoms with Gasteiger partial charge >= 0.3 is 0 Å². The first-order chi connectivity index (χ1) is 10.4. The molecule has 0 aliphatic heterocycles. The average Bonchev–Trinajstić information content (AvgIpc) is 2.96. The predicted molar refractivity (Wildman–Crippen MR) is 84.5 cm³/mol. The summed E-state index contributed by atoms with van der Waals surface area (Å²) in [5.74, 6) is 0.920. The lowest BCUT2D eigenvalue weighted by Gasteiger charge is -2.20. The summed E-state index contributed by atoms with van der Waals surface area (Å²) in [6.07, 6.45) is 0. The maximum absolute atomic E-state index is 11.9. The lowest BCUT2D eigenvalue weighted by Crippen LogP contribution is -2.42. The molecule has 7 heteroatoms. The van der Waals surface area contributed by atoms with Crippen molar-refractivity contribution < 1.29 is 9.32 Å². The van der Waals surface area contributed by atoms with Gasteiger partial charge in [-0.3, -0.25) is 10.1 Å². The maximum atomic E-state index is 11.9. The first-order valence-corrected chi connectivity index (χ1v) is 7.33. The Labute approximate surface area is 134 Å². The second-order valence-corrected chi connectivity index (χ2v) is 5.74. The second kappa shape index (κ2) is 6.89. The molecule has 1 heterocycles. The molecule has 0 radical (unpaired) electrons. The van der Waals surface area contributed by atoms with Crippen molar-refractivity contribution in [2.75, 3.05) is 14.1 Å². The topological polar surface area (TPSA) is 71.3 Å². The molecule has 0 bridgehead atoms. The summed E-state index contributed by atoms with van der Waals surface area (Å²) in [6.45, 7) is 3.69. The van der Waals surface area contributed by atoms with Gasteiger partial charge in [0.1, 0.15) is 0 Å². The second-order valence-electron chi connectivity index (χ2n) is 5.31. The van der Waals surface area contributed by atoms with Crippen molar-refractivity contribution in [1.82, 2.24) is 20.4 Å². The van der Waals surface area contributed by atoms with Crippen molar-refractivity contribution >= 4 is 17.5 Å². The van der Waals surface area contributed by atoms with Crippen molar-refractivity contribution in [2.24, 2.45) is 0 Å². The Balaban J connectivity index is 2.07. The highest BCUT2D eigenvalue weighted by Gasteiger charge is 2.21. The van der Waals surface area contributed by atoms with Crippen LogP contribution in [0.5, 0.6) is 0 Å². The lowest BCUT2D eigenvalue weighted by atomic mass is 10.2. The monoisotopic (exact) mass is 322 g/mol. The van der Waals surface area contributed by atoms with Gasteiger partial charge in [-0.1, -0.05) is 16.8 Å². The molecule has 0 fully saturated rings. The number of carbonyl (C=O) groups excluding carboxylic acids is 1. The predicted octanol–water partition coefficient (Wildman–Crippen LogP) is 2.52. The molecular formula is C15H19ClN4O2. The first-order valence-electron chi connectivity index (χ1n) is 6.95. The third-order valence-electron chi connectivity index (χ3n) is 3.23. The molecule has 0 saturated heterocycles. The Morgan fingerprint density at radius 2 is 1.91 bits per heavy atom. The number of nitrogens with zero attached hydrogens (tertiary/aromatic N) is 3. The third-order valence-corrected chi connectivity index (χ3v) is 3.48. The molecule has 2 aromatic rings. The zero-order valence-electron chi connectivity index (χ0n) is 13.0. The Bertz CT molecular complexity index is 639. The van der Waals surface area contributed by atoms with Crippen LogP contribution in [0.3, 0.4) is 0 Å². The number of amides is 1. The minimum absolute atomic E-state index is 0.00623. The number of hydrogen-bond donors (Lipinski definition) is 1.